The van der Waals surface area contributed by atoms with E-state index in [2.05, 4.69) is 53.4 Å². The Kier molecular flexibility index (Phi) is 2.25. The van der Waals surface area contributed by atoms with Crippen molar-refractivity contribution in [3.05, 3.63) is 78.1 Å². The van der Waals surface area contributed by atoms with Gasteiger partial charge < -0.3 is 0 Å². The average Bonchev–Trinajstić information content (AvgIpc) is 2.54. The molecular formula is C19H11N. The normalized spacial score (nSPS) is 10.9. The van der Waals surface area contributed by atoms with Crippen LogP contribution in [0.25, 0.3) is 37.2 Å². The van der Waals surface area contributed by atoms with Gasteiger partial charge in [-0.05, 0) is 32.3 Å². The van der Waals surface area contributed by atoms with Crippen molar-refractivity contribution in [1.82, 2.24) is 0 Å². The van der Waals surface area contributed by atoms with Crippen LogP contribution in [0.3, 0.4) is 0 Å². The van der Waals surface area contributed by atoms with Crippen LogP contribution >= 0.6 is 0 Å². The van der Waals surface area contributed by atoms with Gasteiger partial charge in [0.2, 0.25) is 0 Å². The first-order valence-electron chi connectivity index (χ1n) is 6.60. The summed E-state index contributed by atoms with van der Waals surface area (Å²) in [6, 6.07) is 22.7. The van der Waals surface area contributed by atoms with E-state index in [1.807, 2.05) is 18.2 Å². The molecule has 0 fully saturated rings. The van der Waals surface area contributed by atoms with Crippen LogP contribution in [0.15, 0.2) is 66.7 Å². The Labute approximate surface area is 116 Å². The standard InChI is InChI=1S/C19H11N/c1-20-18-12-6-11-17-15-8-3-2-7-13(15)14-9-4-5-10-16(14)19(17)18/h2-12H. The first kappa shape index (κ1) is 11.0. The first-order valence-corrected chi connectivity index (χ1v) is 6.60. The fourth-order valence-corrected chi connectivity index (χ4v) is 3.03. The Morgan fingerprint density at radius 3 is 1.55 bits per heavy atom. The molecule has 0 unspecified atom stereocenters. The second-order valence-electron chi connectivity index (χ2n) is 4.90. The number of hydrogen-bond donors (Lipinski definition) is 0. The summed E-state index contributed by atoms with van der Waals surface area (Å²) in [4.78, 5) is 3.71. The predicted octanol–water partition coefficient (Wildman–Crippen LogP) is 5.70. The van der Waals surface area contributed by atoms with Crippen LogP contribution in [-0.2, 0) is 0 Å². The fourth-order valence-electron chi connectivity index (χ4n) is 3.03. The van der Waals surface area contributed by atoms with Gasteiger partial charge in [0.1, 0.15) is 0 Å². The van der Waals surface area contributed by atoms with Crippen molar-refractivity contribution in [2.75, 3.05) is 0 Å². The summed E-state index contributed by atoms with van der Waals surface area (Å²) in [6.07, 6.45) is 0. The van der Waals surface area contributed by atoms with E-state index in [0.717, 1.165) is 21.8 Å². The molecule has 0 bridgehead atoms. The molecule has 0 aromatic heterocycles. The lowest BCUT2D eigenvalue weighted by Gasteiger charge is -2.11. The van der Waals surface area contributed by atoms with Crippen molar-refractivity contribution in [2.24, 2.45) is 0 Å². The molecule has 0 atom stereocenters. The lowest BCUT2D eigenvalue weighted by molar-refractivity contribution is 1.77. The van der Waals surface area contributed by atoms with Gasteiger partial charge in [-0.1, -0.05) is 66.7 Å². The van der Waals surface area contributed by atoms with Gasteiger partial charge in [-0.2, -0.15) is 0 Å². The average molecular weight is 253 g/mol. The Balaban J connectivity index is 2.47. The third-order valence-corrected chi connectivity index (χ3v) is 3.87. The van der Waals surface area contributed by atoms with Gasteiger partial charge in [0.25, 0.3) is 0 Å². The molecule has 20 heavy (non-hydrogen) atoms. The van der Waals surface area contributed by atoms with Gasteiger partial charge in [-0.25, -0.2) is 4.85 Å². The second-order valence-corrected chi connectivity index (χ2v) is 4.90. The van der Waals surface area contributed by atoms with Gasteiger partial charge in [-0.15, -0.1) is 0 Å². The molecule has 4 aromatic carbocycles. The third kappa shape index (κ3) is 1.36. The molecule has 0 N–H and O–H groups in total. The Bertz CT molecular complexity index is 961. The minimum Gasteiger partial charge on any atom is -0.237 e. The highest BCUT2D eigenvalue weighted by Gasteiger charge is 2.10. The highest BCUT2D eigenvalue weighted by atomic mass is 14.6. The fraction of sp³-hybridized carbons (Fsp3) is 0. The van der Waals surface area contributed by atoms with Crippen molar-refractivity contribution >= 4 is 38.0 Å². The van der Waals surface area contributed by atoms with Crippen LogP contribution in [-0.4, -0.2) is 0 Å². The molecule has 0 saturated heterocycles. The molecule has 1 heteroatoms. The number of benzene rings is 4. The van der Waals surface area contributed by atoms with E-state index in [1.54, 1.807) is 0 Å². The van der Waals surface area contributed by atoms with Gasteiger partial charge in [0.15, 0.2) is 5.69 Å². The van der Waals surface area contributed by atoms with Gasteiger partial charge in [0.05, 0.1) is 6.57 Å². The van der Waals surface area contributed by atoms with Gasteiger partial charge >= 0.3 is 0 Å². The summed E-state index contributed by atoms with van der Waals surface area (Å²) >= 11 is 0. The maximum absolute atomic E-state index is 7.43. The molecule has 4 aromatic rings. The molecule has 4 rings (SSSR count). The zero-order valence-corrected chi connectivity index (χ0v) is 10.8. The van der Waals surface area contributed by atoms with Crippen molar-refractivity contribution in [3.63, 3.8) is 0 Å². The number of fused-ring (bicyclic) bond motifs is 6. The summed E-state index contributed by atoms with van der Waals surface area (Å²) in [5.41, 5.74) is 0.726. The number of hydrogen-bond acceptors (Lipinski definition) is 0. The SMILES string of the molecule is [C-]#[N+]c1cccc2c3ccccc3c3ccccc3c12. The first-order chi connectivity index (χ1) is 9.90. The Morgan fingerprint density at radius 1 is 0.550 bits per heavy atom. The summed E-state index contributed by atoms with van der Waals surface area (Å²) < 4.78 is 0. The van der Waals surface area contributed by atoms with E-state index in [-0.39, 0.29) is 0 Å². The molecule has 0 radical (unpaired) electrons. The molecule has 0 aliphatic carbocycles. The monoisotopic (exact) mass is 253 g/mol. The molecule has 0 aliphatic rings. The quantitative estimate of drug-likeness (QED) is 0.280. The number of rotatable bonds is 0. The van der Waals surface area contributed by atoms with Gasteiger partial charge in [-0.3, -0.25) is 0 Å². The molecule has 0 aliphatic heterocycles. The van der Waals surface area contributed by atoms with Crippen LogP contribution in [0.1, 0.15) is 0 Å². The maximum atomic E-state index is 7.43. The highest BCUT2D eigenvalue weighted by molar-refractivity contribution is 6.28. The Hall–Kier alpha value is -2.85. The summed E-state index contributed by atoms with van der Waals surface area (Å²) in [6.45, 7) is 7.43. The molecular weight excluding hydrogens is 242 g/mol. The summed E-state index contributed by atoms with van der Waals surface area (Å²) in [5, 5.41) is 7.06. The topological polar surface area (TPSA) is 4.36 Å². The van der Waals surface area contributed by atoms with Crippen molar-refractivity contribution in [2.45, 2.75) is 0 Å². The molecule has 0 heterocycles. The van der Waals surface area contributed by atoms with E-state index >= 15 is 0 Å². The van der Waals surface area contributed by atoms with Crippen molar-refractivity contribution in [3.8, 4) is 0 Å². The minimum atomic E-state index is 0.726. The zero-order chi connectivity index (χ0) is 13.5. The van der Waals surface area contributed by atoms with Crippen molar-refractivity contribution in [1.29, 1.82) is 0 Å². The molecule has 0 amide bonds. The van der Waals surface area contributed by atoms with E-state index in [0.29, 0.717) is 0 Å². The smallest absolute Gasteiger partial charge is 0.195 e. The minimum absolute atomic E-state index is 0.726. The number of nitrogens with zero attached hydrogens (tertiary/aromatic N) is 1. The van der Waals surface area contributed by atoms with Crippen LogP contribution in [0.5, 0.6) is 0 Å². The summed E-state index contributed by atoms with van der Waals surface area (Å²) in [5.74, 6) is 0. The lowest BCUT2D eigenvalue weighted by Crippen LogP contribution is -1.82. The van der Waals surface area contributed by atoms with E-state index in [9.17, 15) is 0 Å². The van der Waals surface area contributed by atoms with Crippen LogP contribution < -0.4 is 0 Å². The molecule has 1 nitrogen and oxygen atoms in total. The highest BCUT2D eigenvalue weighted by Crippen LogP contribution is 2.39. The lowest BCUT2D eigenvalue weighted by atomic mass is 9.93. The van der Waals surface area contributed by atoms with Crippen LogP contribution in [0.4, 0.5) is 5.69 Å². The largest absolute Gasteiger partial charge is 0.237 e. The molecule has 0 spiro atoms. The summed E-state index contributed by atoms with van der Waals surface area (Å²) in [7, 11) is 0. The second kappa shape index (κ2) is 4.08. The molecule has 0 saturated carbocycles. The Morgan fingerprint density at radius 2 is 1.00 bits per heavy atom. The maximum Gasteiger partial charge on any atom is 0.195 e. The predicted molar refractivity (Wildman–Crippen MR) is 85.2 cm³/mol. The molecule has 92 valence electrons. The van der Waals surface area contributed by atoms with E-state index < -0.39 is 0 Å². The van der Waals surface area contributed by atoms with E-state index in [4.69, 9.17) is 6.57 Å². The third-order valence-electron chi connectivity index (χ3n) is 3.87. The van der Waals surface area contributed by atoms with Crippen molar-refractivity contribution < 1.29 is 0 Å². The zero-order valence-electron chi connectivity index (χ0n) is 10.8. The van der Waals surface area contributed by atoms with E-state index in [1.165, 1.54) is 16.2 Å². The van der Waals surface area contributed by atoms with Crippen LogP contribution in [0, 0.1) is 6.57 Å². The van der Waals surface area contributed by atoms with Crippen LogP contribution in [0.2, 0.25) is 0 Å². The van der Waals surface area contributed by atoms with Gasteiger partial charge in [0, 0.05) is 0 Å².